The number of hydrogen-bond donors (Lipinski definition) is 2. The number of nitrogens with one attached hydrogen (secondary N) is 2. The molecule has 7 nitrogen and oxygen atoms in total. The van der Waals surface area contributed by atoms with Crippen molar-refractivity contribution in [3.8, 4) is 0 Å². The van der Waals surface area contributed by atoms with E-state index in [-0.39, 0.29) is 4.90 Å². The first-order valence-corrected chi connectivity index (χ1v) is 13.1. The number of sulfonamides is 1. The van der Waals surface area contributed by atoms with Crippen LogP contribution < -0.4 is 14.9 Å². The van der Waals surface area contributed by atoms with E-state index in [0.717, 1.165) is 32.4 Å². The quantitative estimate of drug-likeness (QED) is 0.421. The van der Waals surface area contributed by atoms with Crippen LogP contribution in [0.1, 0.15) is 29.6 Å². The Morgan fingerprint density at radius 3 is 2.52 bits per heavy atom. The Bertz CT molecular complexity index is 1280. The van der Waals surface area contributed by atoms with Crippen LogP contribution in [0.25, 0.3) is 0 Å². The van der Waals surface area contributed by atoms with Crippen molar-refractivity contribution in [1.29, 1.82) is 0 Å². The summed E-state index contributed by atoms with van der Waals surface area (Å²) in [6.45, 7) is 1.54. The van der Waals surface area contributed by atoms with Gasteiger partial charge in [-0.2, -0.15) is 0 Å². The summed E-state index contributed by atoms with van der Waals surface area (Å²) in [4.78, 5) is 18.8. The number of pyridine rings is 1. The van der Waals surface area contributed by atoms with Crippen molar-refractivity contribution < 1.29 is 13.2 Å². The van der Waals surface area contributed by atoms with Crippen LogP contribution in [0.15, 0.2) is 70.3 Å². The minimum Gasteiger partial charge on any atom is -0.370 e. The molecule has 10 heteroatoms. The predicted molar refractivity (Wildman–Crippen MR) is 135 cm³/mol. The second-order valence-electron chi connectivity index (χ2n) is 7.66. The van der Waals surface area contributed by atoms with Crippen LogP contribution in [0, 0.1) is 0 Å². The molecule has 0 radical (unpaired) electrons. The first kappa shape index (κ1) is 23.5. The minimum absolute atomic E-state index is 0.0782. The Kier molecular flexibility index (Phi) is 7.21. The number of anilines is 3. The van der Waals surface area contributed by atoms with E-state index >= 15 is 0 Å². The van der Waals surface area contributed by atoms with Crippen molar-refractivity contribution in [3.05, 3.63) is 76.0 Å². The zero-order valence-corrected chi connectivity index (χ0v) is 20.8. The van der Waals surface area contributed by atoms with Gasteiger partial charge < -0.3 is 10.2 Å². The predicted octanol–water partition coefficient (Wildman–Crippen LogP) is 5.54. The largest absolute Gasteiger partial charge is 0.370 e. The summed E-state index contributed by atoms with van der Waals surface area (Å²) in [7, 11) is -3.99. The molecule has 1 aromatic heterocycles. The van der Waals surface area contributed by atoms with E-state index in [1.807, 2.05) is 0 Å². The highest BCUT2D eigenvalue weighted by atomic mass is 79.9. The van der Waals surface area contributed by atoms with Gasteiger partial charge in [0, 0.05) is 35.6 Å². The Morgan fingerprint density at radius 1 is 1.03 bits per heavy atom. The van der Waals surface area contributed by atoms with Crippen LogP contribution in [0.5, 0.6) is 0 Å². The van der Waals surface area contributed by atoms with Gasteiger partial charge in [0.2, 0.25) is 0 Å². The van der Waals surface area contributed by atoms with Gasteiger partial charge in [0.25, 0.3) is 15.9 Å². The standard InChI is InChI=1S/C23H22BrClN4O3S/c24-17-12-16(14-26-15-17)23(30)27-18-8-9-21(29-10-4-1-5-11-29)22(13-18)33(31,32)28-20-7-3-2-6-19(20)25/h2-3,6-9,12-15,28H,1,4-5,10-11H2,(H,27,30). The molecule has 1 fully saturated rings. The van der Waals surface area contributed by atoms with Gasteiger partial charge in [-0.05, 0) is 71.6 Å². The fourth-order valence-electron chi connectivity index (χ4n) is 3.69. The van der Waals surface area contributed by atoms with Crippen LogP contribution in [-0.2, 0) is 10.0 Å². The van der Waals surface area contributed by atoms with E-state index in [0.29, 0.717) is 32.1 Å². The Hall–Kier alpha value is -2.62. The number of nitrogens with zero attached hydrogens (tertiary/aromatic N) is 2. The molecule has 0 saturated carbocycles. The number of benzene rings is 2. The molecule has 0 spiro atoms. The highest BCUT2D eigenvalue weighted by Gasteiger charge is 2.25. The van der Waals surface area contributed by atoms with E-state index in [1.54, 1.807) is 48.7 Å². The van der Waals surface area contributed by atoms with Gasteiger partial charge in [-0.15, -0.1) is 0 Å². The number of hydrogen-bond acceptors (Lipinski definition) is 5. The molecule has 2 heterocycles. The SMILES string of the molecule is O=C(Nc1ccc(N2CCCCC2)c(S(=O)(=O)Nc2ccccc2Cl)c1)c1cncc(Br)c1. The lowest BCUT2D eigenvalue weighted by molar-refractivity contribution is 0.102. The number of amides is 1. The van der Waals surface area contributed by atoms with Crippen molar-refractivity contribution in [1.82, 2.24) is 4.98 Å². The van der Waals surface area contributed by atoms with E-state index in [4.69, 9.17) is 11.6 Å². The second-order valence-corrected chi connectivity index (χ2v) is 10.6. The zero-order valence-electron chi connectivity index (χ0n) is 17.6. The van der Waals surface area contributed by atoms with E-state index in [1.165, 1.54) is 12.3 Å². The van der Waals surface area contributed by atoms with Crippen LogP contribution >= 0.6 is 27.5 Å². The molecule has 1 amide bonds. The zero-order chi connectivity index (χ0) is 23.4. The van der Waals surface area contributed by atoms with Crippen LogP contribution in [0.3, 0.4) is 0 Å². The lowest BCUT2D eigenvalue weighted by atomic mass is 10.1. The van der Waals surface area contributed by atoms with Crippen molar-refractivity contribution in [2.45, 2.75) is 24.2 Å². The molecule has 3 aromatic rings. The smallest absolute Gasteiger partial charge is 0.264 e. The van der Waals surface area contributed by atoms with Crippen LogP contribution in [0.2, 0.25) is 5.02 Å². The molecule has 2 aromatic carbocycles. The number of aromatic nitrogens is 1. The average Bonchev–Trinajstić information content (AvgIpc) is 2.81. The normalized spacial score (nSPS) is 14.1. The highest BCUT2D eigenvalue weighted by Crippen LogP contribution is 2.33. The van der Waals surface area contributed by atoms with Gasteiger partial charge in [-0.25, -0.2) is 8.42 Å². The number of para-hydroxylation sites is 1. The molecular weight excluding hydrogens is 528 g/mol. The summed E-state index contributed by atoms with van der Waals surface area (Å²) in [6.07, 6.45) is 6.12. The average molecular weight is 550 g/mol. The molecular formula is C23H22BrClN4O3S. The van der Waals surface area contributed by atoms with Gasteiger partial charge in [0.05, 0.1) is 22.0 Å². The lowest BCUT2D eigenvalue weighted by Crippen LogP contribution is -2.31. The van der Waals surface area contributed by atoms with Crippen LogP contribution in [0.4, 0.5) is 17.1 Å². The maximum atomic E-state index is 13.4. The summed E-state index contributed by atoms with van der Waals surface area (Å²) in [5.74, 6) is -0.392. The third kappa shape index (κ3) is 5.66. The molecule has 1 aliphatic heterocycles. The summed E-state index contributed by atoms with van der Waals surface area (Å²) in [5.41, 5.74) is 1.60. The molecule has 0 bridgehead atoms. The first-order valence-electron chi connectivity index (χ1n) is 10.4. The van der Waals surface area contributed by atoms with Crippen molar-refractivity contribution in [3.63, 3.8) is 0 Å². The maximum absolute atomic E-state index is 13.4. The molecule has 1 saturated heterocycles. The van der Waals surface area contributed by atoms with Crippen LogP contribution in [-0.4, -0.2) is 32.4 Å². The topological polar surface area (TPSA) is 91.4 Å². The fourth-order valence-corrected chi connectivity index (χ4v) is 5.62. The second kappa shape index (κ2) is 10.1. The Balaban J connectivity index is 1.70. The van der Waals surface area contributed by atoms with Crippen molar-refractivity contribution >= 4 is 60.5 Å². The number of rotatable bonds is 6. The van der Waals surface area contributed by atoms with Gasteiger partial charge in [-0.3, -0.25) is 14.5 Å². The molecule has 1 aliphatic rings. The minimum atomic E-state index is -3.99. The molecule has 0 unspecified atom stereocenters. The van der Waals surface area contributed by atoms with E-state index < -0.39 is 15.9 Å². The van der Waals surface area contributed by atoms with Gasteiger partial charge in [0.1, 0.15) is 4.90 Å². The van der Waals surface area contributed by atoms with E-state index in [2.05, 4.69) is 35.9 Å². The summed E-state index contributed by atoms with van der Waals surface area (Å²) >= 11 is 9.48. The molecule has 0 atom stereocenters. The van der Waals surface area contributed by atoms with Crippen molar-refractivity contribution in [2.24, 2.45) is 0 Å². The number of halogens is 2. The molecule has 172 valence electrons. The maximum Gasteiger partial charge on any atom is 0.264 e. The Labute approximate surface area is 206 Å². The summed E-state index contributed by atoms with van der Waals surface area (Å²) in [5, 5.41) is 3.07. The molecule has 4 rings (SSSR count). The lowest BCUT2D eigenvalue weighted by Gasteiger charge is -2.30. The van der Waals surface area contributed by atoms with Gasteiger partial charge >= 0.3 is 0 Å². The highest BCUT2D eigenvalue weighted by molar-refractivity contribution is 9.10. The fraction of sp³-hybridized carbons (Fsp3) is 0.217. The molecule has 33 heavy (non-hydrogen) atoms. The summed E-state index contributed by atoms with van der Waals surface area (Å²) in [6, 6.07) is 13.2. The van der Waals surface area contributed by atoms with Crippen molar-refractivity contribution in [2.75, 3.05) is 28.0 Å². The third-order valence-corrected chi connectivity index (χ3v) is 7.45. The monoisotopic (exact) mass is 548 g/mol. The third-order valence-electron chi connectivity index (χ3n) is 5.29. The number of carbonyl (C=O) groups excluding carboxylic acids is 1. The number of carbonyl (C=O) groups is 1. The summed E-state index contributed by atoms with van der Waals surface area (Å²) < 4.78 is 30.1. The number of piperidine rings is 1. The molecule has 0 aliphatic carbocycles. The Morgan fingerprint density at radius 2 is 1.79 bits per heavy atom. The molecule has 2 N–H and O–H groups in total. The van der Waals surface area contributed by atoms with Gasteiger partial charge in [-0.1, -0.05) is 23.7 Å². The van der Waals surface area contributed by atoms with E-state index in [9.17, 15) is 13.2 Å². The first-order chi connectivity index (χ1) is 15.8. The van der Waals surface area contributed by atoms with Gasteiger partial charge in [0.15, 0.2) is 0 Å².